The number of hydrogen-bond acceptors (Lipinski definition) is 4. The number of hydrogen-bond donors (Lipinski definition) is 1. The fourth-order valence-electron chi connectivity index (χ4n) is 3.35. The van der Waals surface area contributed by atoms with Gasteiger partial charge in [0.05, 0.1) is 5.69 Å². The summed E-state index contributed by atoms with van der Waals surface area (Å²) in [5.41, 5.74) is 3.22. The molecule has 0 radical (unpaired) electrons. The molecule has 6 nitrogen and oxygen atoms in total. The van der Waals surface area contributed by atoms with Crippen molar-refractivity contribution < 1.29 is 9.59 Å². The normalized spacial score (nSPS) is 14.6. The van der Waals surface area contributed by atoms with Gasteiger partial charge < -0.3 is 10.2 Å². The van der Waals surface area contributed by atoms with Gasteiger partial charge in [0.1, 0.15) is 5.69 Å². The molecule has 146 valence electrons. The number of piperidine rings is 1. The van der Waals surface area contributed by atoms with Crippen LogP contribution in [0.25, 0.3) is 16.2 Å². The molecule has 0 unspecified atom stereocenters. The molecule has 1 N–H and O–H groups in total. The number of thiazole rings is 1. The van der Waals surface area contributed by atoms with Crippen LogP contribution in [0.4, 0.5) is 5.69 Å². The predicted molar refractivity (Wildman–Crippen MR) is 112 cm³/mol. The quantitative estimate of drug-likeness (QED) is 0.716. The van der Waals surface area contributed by atoms with Crippen LogP contribution in [-0.4, -0.2) is 39.2 Å². The molecule has 1 aliphatic heterocycles. The number of carbonyl (C=O) groups excluding carboxylic acids is 2. The second-order valence-electron chi connectivity index (χ2n) is 7.47. The minimum absolute atomic E-state index is 0.00359. The lowest BCUT2D eigenvalue weighted by atomic mass is 10.1. The lowest BCUT2D eigenvalue weighted by Gasteiger charge is -2.26. The highest BCUT2D eigenvalue weighted by Gasteiger charge is 2.22. The summed E-state index contributed by atoms with van der Waals surface area (Å²) in [6.07, 6.45) is 5.28. The first-order valence-electron chi connectivity index (χ1n) is 9.70. The third-order valence-electron chi connectivity index (χ3n) is 5.04. The van der Waals surface area contributed by atoms with Crippen molar-refractivity contribution in [2.45, 2.75) is 33.1 Å². The first-order valence-corrected chi connectivity index (χ1v) is 10.6. The molecular weight excluding hydrogens is 372 g/mol. The van der Waals surface area contributed by atoms with Crippen LogP contribution in [0.2, 0.25) is 0 Å². The maximum absolute atomic E-state index is 12.9. The minimum atomic E-state index is -0.0598. The molecule has 4 rings (SSSR count). The standard InChI is InChI=1S/C21H24N4O2S/c1-14(2)19(26)22-16-8-6-15(7-9-16)17-12-25-18(13-28-21(25)23-17)20(27)24-10-4-3-5-11-24/h6-9,12-14H,3-5,10-11H2,1-2H3,(H,22,26). The maximum Gasteiger partial charge on any atom is 0.271 e. The fourth-order valence-corrected chi connectivity index (χ4v) is 4.19. The fraction of sp³-hybridized carbons (Fsp3) is 0.381. The molecule has 7 heteroatoms. The highest BCUT2D eigenvalue weighted by Crippen LogP contribution is 2.26. The zero-order chi connectivity index (χ0) is 19.7. The molecule has 1 aliphatic rings. The number of likely N-dealkylation sites (tertiary alicyclic amines) is 1. The first-order chi connectivity index (χ1) is 13.5. The monoisotopic (exact) mass is 396 g/mol. The van der Waals surface area contributed by atoms with E-state index in [4.69, 9.17) is 0 Å². The number of aromatic nitrogens is 2. The van der Waals surface area contributed by atoms with Crippen LogP contribution in [-0.2, 0) is 4.79 Å². The van der Waals surface area contributed by atoms with Gasteiger partial charge >= 0.3 is 0 Å². The Labute approximate surface area is 168 Å². The van der Waals surface area contributed by atoms with Crippen molar-refractivity contribution in [3.63, 3.8) is 0 Å². The van der Waals surface area contributed by atoms with E-state index in [2.05, 4.69) is 10.3 Å². The van der Waals surface area contributed by atoms with Crippen LogP contribution in [0.1, 0.15) is 43.6 Å². The average Bonchev–Trinajstić information content (AvgIpc) is 3.29. The zero-order valence-electron chi connectivity index (χ0n) is 16.1. The Kier molecular flexibility index (Phi) is 5.17. The van der Waals surface area contributed by atoms with Crippen LogP contribution < -0.4 is 5.32 Å². The number of nitrogens with zero attached hydrogens (tertiary/aromatic N) is 3. The zero-order valence-corrected chi connectivity index (χ0v) is 17.0. The molecule has 1 aromatic carbocycles. The van der Waals surface area contributed by atoms with E-state index < -0.39 is 0 Å². The van der Waals surface area contributed by atoms with Gasteiger partial charge in [-0.3, -0.25) is 14.0 Å². The average molecular weight is 397 g/mol. The third-order valence-corrected chi connectivity index (χ3v) is 5.88. The molecule has 1 saturated heterocycles. The first kappa shape index (κ1) is 18.7. The Bertz CT molecular complexity index is 997. The second kappa shape index (κ2) is 7.75. The lowest BCUT2D eigenvalue weighted by molar-refractivity contribution is -0.118. The van der Waals surface area contributed by atoms with Crippen LogP contribution in [0.3, 0.4) is 0 Å². The number of fused-ring (bicyclic) bond motifs is 1. The molecule has 1 fully saturated rings. The lowest BCUT2D eigenvalue weighted by Crippen LogP contribution is -2.36. The molecular formula is C21H24N4O2S. The molecule has 0 saturated carbocycles. The molecule has 28 heavy (non-hydrogen) atoms. The Balaban J connectivity index is 1.56. The number of carbonyl (C=O) groups is 2. The maximum atomic E-state index is 12.9. The van der Waals surface area contributed by atoms with Crippen molar-refractivity contribution in [2.75, 3.05) is 18.4 Å². The molecule has 0 atom stereocenters. The molecule has 0 bridgehead atoms. The minimum Gasteiger partial charge on any atom is -0.337 e. The number of nitrogens with one attached hydrogen (secondary N) is 1. The Morgan fingerprint density at radius 2 is 1.82 bits per heavy atom. The molecule has 0 spiro atoms. The summed E-state index contributed by atoms with van der Waals surface area (Å²) in [5, 5.41) is 4.79. The highest BCUT2D eigenvalue weighted by atomic mass is 32.1. The Hall–Kier alpha value is -2.67. The summed E-state index contributed by atoms with van der Waals surface area (Å²) in [6.45, 7) is 5.40. The summed E-state index contributed by atoms with van der Waals surface area (Å²) < 4.78 is 1.89. The molecule has 2 aromatic heterocycles. The molecule has 3 heterocycles. The Morgan fingerprint density at radius 1 is 1.11 bits per heavy atom. The van der Waals surface area contributed by atoms with Gasteiger partial charge in [-0.25, -0.2) is 4.98 Å². The van der Waals surface area contributed by atoms with E-state index in [1.54, 1.807) is 0 Å². The van der Waals surface area contributed by atoms with Gasteiger partial charge in [-0.15, -0.1) is 11.3 Å². The van der Waals surface area contributed by atoms with Gasteiger partial charge in [-0.05, 0) is 31.4 Å². The van der Waals surface area contributed by atoms with Crippen molar-refractivity contribution in [3.05, 3.63) is 41.5 Å². The van der Waals surface area contributed by atoms with Gasteiger partial charge in [-0.1, -0.05) is 26.0 Å². The van der Waals surface area contributed by atoms with Gasteiger partial charge in [0.25, 0.3) is 5.91 Å². The van der Waals surface area contributed by atoms with Crippen molar-refractivity contribution in [1.82, 2.24) is 14.3 Å². The van der Waals surface area contributed by atoms with E-state index in [-0.39, 0.29) is 17.7 Å². The second-order valence-corrected chi connectivity index (χ2v) is 8.31. The van der Waals surface area contributed by atoms with E-state index >= 15 is 0 Å². The van der Waals surface area contributed by atoms with Crippen LogP contribution in [0, 0.1) is 5.92 Å². The van der Waals surface area contributed by atoms with Crippen LogP contribution >= 0.6 is 11.3 Å². The topological polar surface area (TPSA) is 66.7 Å². The SMILES string of the molecule is CC(C)C(=O)Nc1ccc(-c2cn3c(C(=O)N4CCCCC4)csc3n2)cc1. The molecule has 0 aliphatic carbocycles. The van der Waals surface area contributed by atoms with E-state index in [1.165, 1.54) is 17.8 Å². The van der Waals surface area contributed by atoms with Gasteiger partial charge in [-0.2, -0.15) is 0 Å². The molecule has 3 aromatic rings. The number of benzene rings is 1. The van der Waals surface area contributed by atoms with Crippen molar-refractivity contribution >= 4 is 33.8 Å². The van der Waals surface area contributed by atoms with Gasteiger partial charge in [0.15, 0.2) is 4.96 Å². The van der Waals surface area contributed by atoms with Crippen molar-refractivity contribution in [3.8, 4) is 11.3 Å². The van der Waals surface area contributed by atoms with Crippen LogP contribution in [0.5, 0.6) is 0 Å². The number of imidazole rings is 1. The summed E-state index contributed by atoms with van der Waals surface area (Å²) in [7, 11) is 0. The van der Waals surface area contributed by atoms with E-state index in [1.807, 2.05) is 59.0 Å². The highest BCUT2D eigenvalue weighted by molar-refractivity contribution is 7.15. The van der Waals surface area contributed by atoms with E-state index in [9.17, 15) is 9.59 Å². The van der Waals surface area contributed by atoms with Gasteiger partial charge in [0, 0.05) is 41.8 Å². The summed E-state index contributed by atoms with van der Waals surface area (Å²) in [6, 6.07) is 7.63. The number of anilines is 1. The Morgan fingerprint density at radius 3 is 2.50 bits per heavy atom. The van der Waals surface area contributed by atoms with E-state index in [0.717, 1.165) is 47.8 Å². The summed E-state index contributed by atoms with van der Waals surface area (Å²) in [5.74, 6) is 0.0215. The smallest absolute Gasteiger partial charge is 0.271 e. The third kappa shape index (κ3) is 3.67. The van der Waals surface area contributed by atoms with Crippen molar-refractivity contribution in [1.29, 1.82) is 0 Å². The largest absolute Gasteiger partial charge is 0.337 e. The predicted octanol–water partition coefficient (Wildman–Crippen LogP) is 4.28. The number of amides is 2. The summed E-state index contributed by atoms with van der Waals surface area (Å²) in [4.78, 5) is 32.1. The van der Waals surface area contributed by atoms with Gasteiger partial charge in [0.2, 0.25) is 5.91 Å². The van der Waals surface area contributed by atoms with E-state index in [0.29, 0.717) is 5.69 Å². The number of rotatable bonds is 4. The summed E-state index contributed by atoms with van der Waals surface area (Å²) >= 11 is 1.48. The van der Waals surface area contributed by atoms with Crippen molar-refractivity contribution in [2.24, 2.45) is 5.92 Å². The molecule has 2 amide bonds. The van der Waals surface area contributed by atoms with Crippen LogP contribution in [0.15, 0.2) is 35.8 Å².